The third-order valence-electron chi connectivity index (χ3n) is 2.16. The van der Waals surface area contributed by atoms with Crippen molar-refractivity contribution in [2.75, 3.05) is 6.61 Å². The van der Waals surface area contributed by atoms with Crippen LogP contribution in [0.5, 0.6) is 0 Å². The van der Waals surface area contributed by atoms with Gasteiger partial charge in [0.15, 0.2) is 0 Å². The first-order chi connectivity index (χ1) is 6.83. The summed E-state index contributed by atoms with van der Waals surface area (Å²) in [5.74, 6) is 0. The van der Waals surface area contributed by atoms with E-state index >= 15 is 0 Å². The molecule has 0 unspecified atom stereocenters. The molecule has 1 rings (SSSR count). The fourth-order valence-electron chi connectivity index (χ4n) is 1.31. The Morgan fingerprint density at radius 3 is 2.57 bits per heavy atom. The highest BCUT2D eigenvalue weighted by atomic mass is 28.3. The lowest BCUT2D eigenvalue weighted by atomic mass is 10.2. The third kappa shape index (κ3) is 4.58. The number of benzene rings is 1. The molecule has 0 aliphatic rings. The van der Waals surface area contributed by atoms with Gasteiger partial charge in [-0.25, -0.2) is 0 Å². The summed E-state index contributed by atoms with van der Waals surface area (Å²) >= 11 is 0. The Labute approximate surface area is 88.8 Å². The molecule has 0 N–H and O–H groups in total. The van der Waals surface area contributed by atoms with Gasteiger partial charge in [-0.15, -0.1) is 0 Å². The summed E-state index contributed by atoms with van der Waals surface area (Å²) in [6, 6.07) is 11.9. The van der Waals surface area contributed by atoms with Crippen LogP contribution in [0.25, 0.3) is 0 Å². The minimum Gasteiger partial charge on any atom is -0.417 e. The second-order valence-corrected chi connectivity index (χ2v) is 5.73. The van der Waals surface area contributed by atoms with Gasteiger partial charge < -0.3 is 4.43 Å². The van der Waals surface area contributed by atoms with Crippen LogP contribution in [-0.2, 0) is 10.8 Å². The molecular formula is C12H19OSi. The van der Waals surface area contributed by atoms with Crippen molar-refractivity contribution in [3.63, 3.8) is 0 Å². The predicted molar refractivity (Wildman–Crippen MR) is 62.8 cm³/mol. The highest BCUT2D eigenvalue weighted by molar-refractivity contribution is 6.50. The maximum atomic E-state index is 5.71. The molecule has 0 saturated heterocycles. The van der Waals surface area contributed by atoms with Crippen LogP contribution in [0.4, 0.5) is 0 Å². The molecule has 1 aromatic rings. The van der Waals surface area contributed by atoms with E-state index < -0.39 is 9.04 Å². The minimum atomic E-state index is -0.550. The molecule has 0 aliphatic carbocycles. The first-order valence-electron chi connectivity index (χ1n) is 5.32. The van der Waals surface area contributed by atoms with Crippen molar-refractivity contribution in [2.24, 2.45) is 0 Å². The van der Waals surface area contributed by atoms with E-state index in [0.29, 0.717) is 0 Å². The van der Waals surface area contributed by atoms with E-state index in [0.717, 1.165) is 19.4 Å². The van der Waals surface area contributed by atoms with Gasteiger partial charge in [-0.3, -0.25) is 0 Å². The number of hydrogen-bond donors (Lipinski definition) is 0. The molecule has 0 spiro atoms. The summed E-state index contributed by atoms with van der Waals surface area (Å²) in [6.45, 7) is 5.34. The van der Waals surface area contributed by atoms with E-state index in [2.05, 4.69) is 43.8 Å². The van der Waals surface area contributed by atoms with E-state index in [1.807, 2.05) is 0 Å². The van der Waals surface area contributed by atoms with Crippen molar-refractivity contribution < 1.29 is 4.43 Å². The van der Waals surface area contributed by atoms with Crippen molar-refractivity contribution in [3.05, 3.63) is 35.9 Å². The first-order valence-corrected chi connectivity index (χ1v) is 7.43. The lowest BCUT2D eigenvalue weighted by molar-refractivity contribution is 0.321. The highest BCUT2D eigenvalue weighted by Gasteiger charge is 2.05. The topological polar surface area (TPSA) is 9.23 Å². The lowest BCUT2D eigenvalue weighted by Crippen LogP contribution is -2.14. The van der Waals surface area contributed by atoms with Crippen LogP contribution in [0.15, 0.2) is 30.3 Å². The van der Waals surface area contributed by atoms with Gasteiger partial charge in [-0.05, 0) is 31.0 Å². The van der Waals surface area contributed by atoms with Crippen LogP contribution in [-0.4, -0.2) is 15.6 Å². The Bertz CT molecular complexity index is 235. The van der Waals surface area contributed by atoms with Crippen LogP contribution in [0.3, 0.4) is 0 Å². The summed E-state index contributed by atoms with van der Waals surface area (Å²) in [7, 11) is -0.550. The monoisotopic (exact) mass is 207 g/mol. The molecule has 0 amide bonds. The normalized spacial score (nSPS) is 10.8. The largest absolute Gasteiger partial charge is 0.417 e. The molecule has 2 heteroatoms. The van der Waals surface area contributed by atoms with E-state index in [-0.39, 0.29) is 0 Å². The molecule has 77 valence electrons. The van der Waals surface area contributed by atoms with Crippen LogP contribution in [0, 0.1) is 0 Å². The third-order valence-corrected chi connectivity index (χ3v) is 3.81. The Balaban J connectivity index is 2.20. The van der Waals surface area contributed by atoms with Gasteiger partial charge in [-0.2, -0.15) is 0 Å². The van der Waals surface area contributed by atoms with Gasteiger partial charge in [0, 0.05) is 6.61 Å². The Kier molecular flexibility index (Phi) is 5.57. The summed E-state index contributed by atoms with van der Waals surface area (Å²) in [4.78, 5) is 0. The van der Waals surface area contributed by atoms with Gasteiger partial charge in [0.05, 0.1) is 0 Å². The van der Waals surface area contributed by atoms with E-state index in [9.17, 15) is 0 Å². The van der Waals surface area contributed by atoms with Crippen molar-refractivity contribution in [2.45, 2.75) is 32.4 Å². The molecule has 1 nitrogen and oxygen atoms in total. The molecule has 0 aromatic heterocycles. The maximum absolute atomic E-state index is 5.71. The second-order valence-electron chi connectivity index (χ2n) is 3.54. The summed E-state index contributed by atoms with van der Waals surface area (Å²) in [5, 5.41) is 0. The Morgan fingerprint density at radius 1 is 1.21 bits per heavy atom. The van der Waals surface area contributed by atoms with Crippen molar-refractivity contribution >= 4 is 9.04 Å². The molecule has 1 radical (unpaired) electrons. The van der Waals surface area contributed by atoms with Crippen LogP contribution in [0.2, 0.25) is 12.6 Å². The van der Waals surface area contributed by atoms with Crippen LogP contribution < -0.4 is 0 Å². The fraction of sp³-hybridized carbons (Fsp3) is 0.500. The first kappa shape index (κ1) is 11.5. The van der Waals surface area contributed by atoms with E-state index in [1.54, 1.807) is 0 Å². The smallest absolute Gasteiger partial charge is 0.208 e. The van der Waals surface area contributed by atoms with Gasteiger partial charge in [0.2, 0.25) is 9.04 Å². The zero-order valence-corrected chi connectivity index (χ0v) is 10.1. The molecular weight excluding hydrogens is 188 g/mol. The maximum Gasteiger partial charge on any atom is 0.208 e. The SMILES string of the molecule is CCCO[Si](C)CCc1ccccc1. The van der Waals surface area contributed by atoms with Crippen LogP contribution in [0.1, 0.15) is 18.9 Å². The number of hydrogen-bond acceptors (Lipinski definition) is 1. The minimum absolute atomic E-state index is 0.550. The van der Waals surface area contributed by atoms with Gasteiger partial charge in [0.25, 0.3) is 0 Å². The summed E-state index contributed by atoms with van der Waals surface area (Å²) < 4.78 is 5.71. The average molecular weight is 207 g/mol. The van der Waals surface area contributed by atoms with E-state index in [4.69, 9.17) is 4.43 Å². The molecule has 0 heterocycles. The molecule has 0 fully saturated rings. The molecule has 1 aromatic carbocycles. The zero-order chi connectivity index (χ0) is 10.2. The molecule has 0 saturated carbocycles. The quantitative estimate of drug-likeness (QED) is 0.651. The van der Waals surface area contributed by atoms with Crippen LogP contribution >= 0.6 is 0 Å². The standard InChI is InChI=1S/C12H19OSi/c1-3-10-13-14(2)11-9-12-7-5-4-6-8-12/h4-8H,3,9-11H2,1-2H3. The zero-order valence-electron chi connectivity index (χ0n) is 9.12. The average Bonchev–Trinajstić information content (AvgIpc) is 2.25. The van der Waals surface area contributed by atoms with Gasteiger partial charge in [-0.1, -0.05) is 37.3 Å². The highest BCUT2D eigenvalue weighted by Crippen LogP contribution is 2.06. The van der Waals surface area contributed by atoms with Gasteiger partial charge >= 0.3 is 0 Å². The van der Waals surface area contributed by atoms with E-state index in [1.165, 1.54) is 11.6 Å². The van der Waals surface area contributed by atoms with Crippen molar-refractivity contribution in [3.8, 4) is 0 Å². The Hall–Kier alpha value is -0.603. The second kappa shape index (κ2) is 6.79. The summed E-state index contributed by atoms with van der Waals surface area (Å²) in [5.41, 5.74) is 1.43. The molecule has 0 atom stereocenters. The Morgan fingerprint density at radius 2 is 1.93 bits per heavy atom. The molecule has 0 aliphatic heterocycles. The summed E-state index contributed by atoms with van der Waals surface area (Å²) in [6.07, 6.45) is 2.29. The predicted octanol–water partition coefficient (Wildman–Crippen LogP) is 3.28. The molecule has 0 bridgehead atoms. The van der Waals surface area contributed by atoms with Gasteiger partial charge in [0.1, 0.15) is 0 Å². The molecule has 14 heavy (non-hydrogen) atoms. The number of aryl methyl sites for hydroxylation is 1. The van der Waals surface area contributed by atoms with Crippen molar-refractivity contribution in [1.29, 1.82) is 0 Å². The lowest BCUT2D eigenvalue weighted by Gasteiger charge is -2.09. The van der Waals surface area contributed by atoms with Crippen molar-refractivity contribution in [1.82, 2.24) is 0 Å². The fourth-order valence-corrected chi connectivity index (χ4v) is 2.65. The number of rotatable bonds is 6.